The van der Waals surface area contributed by atoms with Crippen LogP contribution in [0, 0.1) is 0 Å². The number of aromatic nitrogens is 4. The van der Waals surface area contributed by atoms with Crippen LogP contribution in [0.2, 0.25) is 0 Å². The lowest BCUT2D eigenvalue weighted by atomic mass is 10.2. The van der Waals surface area contributed by atoms with Gasteiger partial charge in [-0.05, 0) is 26.6 Å². The second kappa shape index (κ2) is 4.62. The monoisotopic (exact) mass is 258 g/mol. The lowest BCUT2D eigenvalue weighted by Crippen LogP contribution is -2.31. The van der Waals surface area contributed by atoms with Crippen LogP contribution >= 0.6 is 0 Å². The molecule has 3 rings (SSSR count). The summed E-state index contributed by atoms with van der Waals surface area (Å²) in [6, 6.07) is 0.582. The number of rotatable bonds is 3. The van der Waals surface area contributed by atoms with Crippen molar-refractivity contribution in [2.75, 3.05) is 32.1 Å². The Morgan fingerprint density at radius 2 is 2.32 bits per heavy atom. The van der Waals surface area contributed by atoms with E-state index in [1.807, 2.05) is 0 Å². The van der Waals surface area contributed by atoms with E-state index in [4.69, 9.17) is 0 Å². The Kier molecular flexibility index (Phi) is 2.94. The maximum Gasteiger partial charge on any atom is 0.205 e. The summed E-state index contributed by atoms with van der Waals surface area (Å²) < 4.78 is 0. The van der Waals surface area contributed by atoms with Crippen molar-refractivity contribution < 1.29 is 0 Å². The minimum Gasteiger partial charge on any atom is -0.341 e. The number of nitrogens with zero attached hydrogens (tertiary/aromatic N) is 5. The summed E-state index contributed by atoms with van der Waals surface area (Å²) in [6.07, 6.45) is 4.40. The van der Waals surface area contributed by atoms with Gasteiger partial charge in [0.1, 0.15) is 11.8 Å². The number of hydrogen-bond donors (Lipinski definition) is 1. The van der Waals surface area contributed by atoms with Gasteiger partial charge in [-0.25, -0.2) is 9.97 Å². The van der Waals surface area contributed by atoms with E-state index in [9.17, 15) is 0 Å². The fraction of sp³-hybridized carbons (Fsp3) is 0.462. The highest BCUT2D eigenvalue weighted by atomic mass is 15.3. The lowest BCUT2D eigenvalue weighted by molar-refractivity contribution is 0.315. The predicted molar refractivity (Wildman–Crippen MR) is 76.1 cm³/mol. The Labute approximate surface area is 112 Å². The minimum absolute atomic E-state index is 0.582. The van der Waals surface area contributed by atoms with E-state index in [-0.39, 0.29) is 0 Å². The van der Waals surface area contributed by atoms with E-state index in [2.05, 4.69) is 50.4 Å². The van der Waals surface area contributed by atoms with Gasteiger partial charge in [-0.1, -0.05) is 6.58 Å². The van der Waals surface area contributed by atoms with Crippen molar-refractivity contribution in [2.24, 2.45) is 0 Å². The first-order chi connectivity index (χ1) is 9.19. The van der Waals surface area contributed by atoms with Gasteiger partial charge < -0.3 is 14.8 Å². The first-order valence-corrected chi connectivity index (χ1v) is 6.43. The summed E-state index contributed by atoms with van der Waals surface area (Å²) in [5.74, 6) is 0.878. The van der Waals surface area contributed by atoms with Gasteiger partial charge >= 0.3 is 0 Å². The molecule has 0 amide bonds. The van der Waals surface area contributed by atoms with E-state index >= 15 is 0 Å². The van der Waals surface area contributed by atoms with Crippen LogP contribution in [0.4, 0.5) is 5.95 Å². The molecule has 0 aliphatic carbocycles. The standard InChI is InChI=1S/C13H18N6/c1-4-10-11-12(15-8-14-10)17-13(16-11)19-6-5-9(7-19)18(2)3/h4,8-9H,1,5-7H2,2-3H3,(H,14,15,16,17). The molecule has 1 aliphatic heterocycles. The number of anilines is 1. The number of imidazole rings is 1. The molecule has 19 heavy (non-hydrogen) atoms. The van der Waals surface area contributed by atoms with E-state index in [0.29, 0.717) is 11.7 Å². The molecule has 0 spiro atoms. The third-order valence-corrected chi connectivity index (χ3v) is 3.69. The zero-order chi connectivity index (χ0) is 13.4. The molecule has 1 fully saturated rings. The molecule has 6 heteroatoms. The first kappa shape index (κ1) is 12.1. The third-order valence-electron chi connectivity index (χ3n) is 3.69. The van der Waals surface area contributed by atoms with Crippen LogP contribution in [-0.2, 0) is 0 Å². The highest BCUT2D eigenvalue weighted by molar-refractivity contribution is 5.81. The summed E-state index contributed by atoms with van der Waals surface area (Å²) in [6.45, 7) is 5.77. The van der Waals surface area contributed by atoms with Crippen LogP contribution in [-0.4, -0.2) is 58.1 Å². The Morgan fingerprint density at radius 3 is 3.00 bits per heavy atom. The fourth-order valence-corrected chi connectivity index (χ4v) is 2.49. The van der Waals surface area contributed by atoms with Crippen LogP contribution in [0.3, 0.4) is 0 Å². The Balaban J connectivity index is 1.92. The minimum atomic E-state index is 0.582. The molecule has 1 N–H and O–H groups in total. The quantitative estimate of drug-likeness (QED) is 0.894. The van der Waals surface area contributed by atoms with Crippen LogP contribution in [0.5, 0.6) is 0 Å². The van der Waals surface area contributed by atoms with Crippen molar-refractivity contribution >= 4 is 23.2 Å². The molecule has 2 aromatic rings. The van der Waals surface area contributed by atoms with Crippen LogP contribution in [0.1, 0.15) is 12.1 Å². The van der Waals surface area contributed by atoms with Gasteiger partial charge in [0.15, 0.2) is 5.65 Å². The molecule has 100 valence electrons. The summed E-state index contributed by atoms with van der Waals surface area (Å²) in [5.41, 5.74) is 2.36. The van der Waals surface area contributed by atoms with Gasteiger partial charge in [-0.15, -0.1) is 0 Å². The molecule has 0 bridgehead atoms. The SMILES string of the molecule is C=Cc1ncnc2nc(N3CCC(N(C)C)C3)[nH]c12. The van der Waals surface area contributed by atoms with Crippen molar-refractivity contribution in [3.8, 4) is 0 Å². The molecule has 3 heterocycles. The molecule has 0 saturated carbocycles. The summed E-state index contributed by atoms with van der Waals surface area (Å²) in [5, 5.41) is 0. The van der Waals surface area contributed by atoms with Gasteiger partial charge in [0.2, 0.25) is 5.95 Å². The van der Waals surface area contributed by atoms with Crippen molar-refractivity contribution in [1.82, 2.24) is 24.8 Å². The van der Waals surface area contributed by atoms with E-state index in [0.717, 1.165) is 36.7 Å². The number of fused-ring (bicyclic) bond motifs is 1. The third kappa shape index (κ3) is 2.08. The van der Waals surface area contributed by atoms with E-state index in [1.54, 1.807) is 6.08 Å². The van der Waals surface area contributed by atoms with Crippen molar-refractivity contribution in [3.63, 3.8) is 0 Å². The highest BCUT2D eigenvalue weighted by Gasteiger charge is 2.26. The molecule has 1 aliphatic rings. The lowest BCUT2D eigenvalue weighted by Gasteiger charge is -2.19. The number of aromatic amines is 1. The molecule has 6 nitrogen and oxygen atoms in total. The Bertz CT molecular complexity index is 602. The second-order valence-corrected chi connectivity index (χ2v) is 5.07. The van der Waals surface area contributed by atoms with Crippen LogP contribution < -0.4 is 4.90 Å². The van der Waals surface area contributed by atoms with Gasteiger partial charge in [-0.3, -0.25) is 0 Å². The largest absolute Gasteiger partial charge is 0.341 e. The highest BCUT2D eigenvalue weighted by Crippen LogP contribution is 2.22. The van der Waals surface area contributed by atoms with Crippen molar-refractivity contribution in [3.05, 3.63) is 18.6 Å². The zero-order valence-electron chi connectivity index (χ0n) is 11.3. The van der Waals surface area contributed by atoms with Crippen molar-refractivity contribution in [2.45, 2.75) is 12.5 Å². The predicted octanol–water partition coefficient (Wildman–Crippen LogP) is 1.14. The normalized spacial score (nSPS) is 19.5. The average Bonchev–Trinajstić information content (AvgIpc) is 3.04. The number of nitrogens with one attached hydrogen (secondary N) is 1. The molecule has 1 unspecified atom stereocenters. The summed E-state index contributed by atoms with van der Waals surface area (Å²) in [7, 11) is 4.24. The summed E-state index contributed by atoms with van der Waals surface area (Å²) in [4.78, 5) is 20.8. The topological polar surface area (TPSA) is 60.9 Å². The van der Waals surface area contributed by atoms with Gasteiger partial charge in [0.05, 0.1) is 5.69 Å². The first-order valence-electron chi connectivity index (χ1n) is 6.43. The Morgan fingerprint density at radius 1 is 1.47 bits per heavy atom. The number of likely N-dealkylation sites (N-methyl/N-ethyl adjacent to an activating group) is 1. The second-order valence-electron chi connectivity index (χ2n) is 5.07. The fourth-order valence-electron chi connectivity index (χ4n) is 2.49. The molecular weight excluding hydrogens is 240 g/mol. The molecule has 0 aromatic carbocycles. The van der Waals surface area contributed by atoms with E-state index < -0.39 is 0 Å². The molecule has 0 radical (unpaired) electrons. The molecular formula is C13H18N6. The van der Waals surface area contributed by atoms with Crippen LogP contribution in [0.25, 0.3) is 17.2 Å². The smallest absolute Gasteiger partial charge is 0.205 e. The maximum atomic E-state index is 4.55. The molecule has 1 saturated heterocycles. The molecule has 2 aromatic heterocycles. The average molecular weight is 258 g/mol. The Hall–Kier alpha value is -1.95. The molecule has 1 atom stereocenters. The van der Waals surface area contributed by atoms with Crippen molar-refractivity contribution in [1.29, 1.82) is 0 Å². The van der Waals surface area contributed by atoms with Gasteiger partial charge in [-0.2, -0.15) is 4.98 Å². The summed E-state index contributed by atoms with van der Waals surface area (Å²) >= 11 is 0. The number of hydrogen-bond acceptors (Lipinski definition) is 5. The van der Waals surface area contributed by atoms with E-state index in [1.165, 1.54) is 6.33 Å². The zero-order valence-corrected chi connectivity index (χ0v) is 11.3. The van der Waals surface area contributed by atoms with Crippen LogP contribution in [0.15, 0.2) is 12.9 Å². The van der Waals surface area contributed by atoms with Gasteiger partial charge in [0, 0.05) is 19.1 Å². The number of H-pyrrole nitrogens is 1. The maximum absolute atomic E-state index is 4.55. The van der Waals surface area contributed by atoms with Gasteiger partial charge in [0.25, 0.3) is 0 Å².